The molecule has 7 nitrogen and oxygen atoms in total. The molecule has 7 heteroatoms. The summed E-state index contributed by atoms with van der Waals surface area (Å²) in [4.78, 5) is 22.3. The number of carbonyl (C=O) groups excluding carboxylic acids is 1. The van der Waals surface area contributed by atoms with Gasteiger partial charge in [-0.3, -0.25) is 0 Å². The minimum absolute atomic E-state index is 0.0550. The molecular weight excluding hydrogens is 330 g/mol. The molecule has 0 unspecified atom stereocenters. The summed E-state index contributed by atoms with van der Waals surface area (Å²) >= 11 is 0. The molecule has 0 spiro atoms. The number of carbonyl (C=O) groups is 1. The molecule has 1 aromatic carbocycles. The molecule has 0 bridgehead atoms. The Balaban J connectivity index is 1.57. The van der Waals surface area contributed by atoms with Crippen LogP contribution in [0, 0.1) is 0 Å². The normalized spacial score (nSPS) is 11.7. The number of hydrogen-bond donors (Lipinski definition) is 1. The van der Waals surface area contributed by atoms with Crippen LogP contribution in [-0.2, 0) is 18.5 Å². The van der Waals surface area contributed by atoms with Gasteiger partial charge < -0.3 is 19.2 Å². The standard InChI is InChI=1S/C19H25N5O2/c1-19(2,3)14-5-6-16-15(11-14)22-17(26-16)12-21-18(25)23(4)9-10-24-8-7-20-13-24/h5-8,11,13H,9-10,12H2,1-4H3,(H,21,25). The highest BCUT2D eigenvalue weighted by atomic mass is 16.3. The summed E-state index contributed by atoms with van der Waals surface area (Å²) in [5.74, 6) is 0.502. The molecule has 0 saturated carbocycles. The smallest absolute Gasteiger partial charge is 0.317 e. The fourth-order valence-corrected chi connectivity index (χ4v) is 2.59. The summed E-state index contributed by atoms with van der Waals surface area (Å²) in [7, 11) is 1.76. The highest BCUT2D eigenvalue weighted by Crippen LogP contribution is 2.26. The first-order valence-electron chi connectivity index (χ1n) is 8.67. The molecule has 2 aromatic heterocycles. The second-order valence-electron chi connectivity index (χ2n) is 7.42. The van der Waals surface area contributed by atoms with Gasteiger partial charge in [0.15, 0.2) is 5.58 Å². The van der Waals surface area contributed by atoms with E-state index in [0.29, 0.717) is 19.0 Å². The van der Waals surface area contributed by atoms with E-state index < -0.39 is 0 Å². The zero-order valence-corrected chi connectivity index (χ0v) is 15.7. The number of likely N-dealkylation sites (N-methyl/N-ethyl adjacent to an activating group) is 1. The Bertz CT molecular complexity index is 877. The quantitative estimate of drug-likeness (QED) is 0.763. The van der Waals surface area contributed by atoms with Crippen LogP contribution in [0.15, 0.2) is 41.3 Å². The lowest BCUT2D eigenvalue weighted by molar-refractivity contribution is 0.205. The fourth-order valence-electron chi connectivity index (χ4n) is 2.59. The second kappa shape index (κ2) is 7.19. The number of imidazole rings is 1. The van der Waals surface area contributed by atoms with Crippen LogP contribution in [0.5, 0.6) is 0 Å². The molecule has 0 fully saturated rings. The molecule has 0 aliphatic rings. The van der Waals surface area contributed by atoms with Gasteiger partial charge in [0.2, 0.25) is 5.89 Å². The zero-order valence-electron chi connectivity index (χ0n) is 15.7. The van der Waals surface area contributed by atoms with Gasteiger partial charge in [0, 0.05) is 32.5 Å². The van der Waals surface area contributed by atoms with Crippen LogP contribution in [0.4, 0.5) is 4.79 Å². The van der Waals surface area contributed by atoms with Gasteiger partial charge in [-0.2, -0.15) is 0 Å². The fraction of sp³-hybridized carbons (Fsp3) is 0.421. The molecule has 26 heavy (non-hydrogen) atoms. The summed E-state index contributed by atoms with van der Waals surface area (Å²) in [5.41, 5.74) is 2.80. The van der Waals surface area contributed by atoms with E-state index in [1.54, 1.807) is 24.5 Å². The number of urea groups is 1. The van der Waals surface area contributed by atoms with Crippen LogP contribution in [-0.4, -0.2) is 39.1 Å². The lowest BCUT2D eigenvalue weighted by atomic mass is 9.87. The molecule has 3 rings (SSSR count). The highest BCUT2D eigenvalue weighted by Gasteiger charge is 2.16. The molecule has 0 aliphatic heterocycles. The van der Waals surface area contributed by atoms with E-state index in [-0.39, 0.29) is 18.0 Å². The van der Waals surface area contributed by atoms with Crippen molar-refractivity contribution >= 4 is 17.1 Å². The number of oxazole rings is 1. The van der Waals surface area contributed by atoms with E-state index in [1.165, 1.54) is 5.56 Å². The number of nitrogens with zero attached hydrogens (tertiary/aromatic N) is 4. The van der Waals surface area contributed by atoms with E-state index in [2.05, 4.69) is 42.1 Å². The minimum Gasteiger partial charge on any atom is -0.439 e. The van der Waals surface area contributed by atoms with Crippen molar-refractivity contribution in [2.45, 2.75) is 39.3 Å². The molecule has 0 radical (unpaired) electrons. The number of nitrogens with one attached hydrogen (secondary N) is 1. The van der Waals surface area contributed by atoms with E-state index in [1.807, 2.05) is 22.9 Å². The van der Waals surface area contributed by atoms with Gasteiger partial charge in [0.1, 0.15) is 5.52 Å². The Morgan fingerprint density at radius 2 is 2.15 bits per heavy atom. The Morgan fingerprint density at radius 3 is 2.85 bits per heavy atom. The second-order valence-corrected chi connectivity index (χ2v) is 7.42. The van der Waals surface area contributed by atoms with E-state index in [9.17, 15) is 4.79 Å². The maximum Gasteiger partial charge on any atom is 0.317 e. The molecule has 0 aliphatic carbocycles. The van der Waals surface area contributed by atoms with Crippen molar-refractivity contribution < 1.29 is 9.21 Å². The predicted molar refractivity (Wildman–Crippen MR) is 99.8 cm³/mol. The van der Waals surface area contributed by atoms with Gasteiger partial charge in [0.05, 0.1) is 12.9 Å². The van der Waals surface area contributed by atoms with Crippen LogP contribution in [0.2, 0.25) is 0 Å². The number of benzene rings is 1. The van der Waals surface area contributed by atoms with Crippen LogP contribution < -0.4 is 5.32 Å². The van der Waals surface area contributed by atoms with Crippen molar-refractivity contribution in [1.29, 1.82) is 0 Å². The number of rotatable bonds is 5. The topological polar surface area (TPSA) is 76.2 Å². The number of amides is 2. The first-order chi connectivity index (χ1) is 12.3. The predicted octanol–water partition coefficient (Wildman–Crippen LogP) is 3.16. The van der Waals surface area contributed by atoms with E-state index in [4.69, 9.17) is 4.42 Å². The number of fused-ring (bicyclic) bond motifs is 1. The van der Waals surface area contributed by atoms with Crippen LogP contribution in [0.1, 0.15) is 32.2 Å². The third-order valence-electron chi connectivity index (χ3n) is 4.29. The van der Waals surface area contributed by atoms with Gasteiger partial charge in [-0.1, -0.05) is 26.8 Å². The molecule has 2 amide bonds. The average Bonchev–Trinajstić information content (AvgIpc) is 3.24. The lowest BCUT2D eigenvalue weighted by Crippen LogP contribution is -2.38. The van der Waals surface area contributed by atoms with Crippen molar-refractivity contribution in [3.63, 3.8) is 0 Å². The van der Waals surface area contributed by atoms with Gasteiger partial charge in [-0.15, -0.1) is 0 Å². The molecule has 2 heterocycles. The van der Waals surface area contributed by atoms with Crippen LogP contribution >= 0.6 is 0 Å². The van der Waals surface area contributed by atoms with E-state index >= 15 is 0 Å². The molecule has 0 atom stereocenters. The van der Waals surface area contributed by atoms with Crippen LogP contribution in [0.25, 0.3) is 11.1 Å². The summed E-state index contributed by atoms with van der Waals surface area (Å²) in [6, 6.07) is 5.87. The Labute approximate surface area is 153 Å². The Kier molecular flexibility index (Phi) is 4.97. The van der Waals surface area contributed by atoms with Crippen LogP contribution in [0.3, 0.4) is 0 Å². The minimum atomic E-state index is -0.164. The molecule has 1 N–H and O–H groups in total. The van der Waals surface area contributed by atoms with Crippen molar-refractivity contribution in [3.05, 3.63) is 48.4 Å². The monoisotopic (exact) mass is 355 g/mol. The largest absolute Gasteiger partial charge is 0.439 e. The first-order valence-corrected chi connectivity index (χ1v) is 8.67. The molecule has 0 saturated heterocycles. The van der Waals surface area contributed by atoms with Gasteiger partial charge in [0.25, 0.3) is 0 Å². The van der Waals surface area contributed by atoms with Gasteiger partial charge in [-0.25, -0.2) is 14.8 Å². The molecule has 138 valence electrons. The Hall–Kier alpha value is -2.83. The maximum absolute atomic E-state index is 12.2. The molecular formula is C19H25N5O2. The summed E-state index contributed by atoms with van der Waals surface area (Å²) in [5, 5.41) is 2.84. The third kappa shape index (κ3) is 4.22. The first kappa shape index (κ1) is 18.0. The SMILES string of the molecule is CN(CCn1ccnc1)C(=O)NCc1nc2cc(C(C)(C)C)ccc2o1. The van der Waals surface area contributed by atoms with E-state index in [0.717, 1.165) is 11.1 Å². The molecule has 3 aromatic rings. The lowest BCUT2D eigenvalue weighted by Gasteiger charge is -2.18. The van der Waals surface area contributed by atoms with Crippen molar-refractivity contribution in [2.75, 3.05) is 13.6 Å². The van der Waals surface area contributed by atoms with Crippen molar-refractivity contribution in [3.8, 4) is 0 Å². The third-order valence-corrected chi connectivity index (χ3v) is 4.29. The Morgan fingerprint density at radius 1 is 1.35 bits per heavy atom. The maximum atomic E-state index is 12.2. The summed E-state index contributed by atoms with van der Waals surface area (Å²) < 4.78 is 7.66. The highest BCUT2D eigenvalue weighted by molar-refractivity contribution is 5.75. The number of aromatic nitrogens is 3. The number of hydrogen-bond acceptors (Lipinski definition) is 4. The van der Waals surface area contributed by atoms with Crippen molar-refractivity contribution in [1.82, 2.24) is 24.8 Å². The van der Waals surface area contributed by atoms with Crippen molar-refractivity contribution in [2.24, 2.45) is 0 Å². The average molecular weight is 355 g/mol. The van der Waals surface area contributed by atoms with Gasteiger partial charge >= 0.3 is 6.03 Å². The summed E-state index contributed by atoms with van der Waals surface area (Å²) in [6.07, 6.45) is 5.32. The summed E-state index contributed by atoms with van der Waals surface area (Å²) in [6.45, 7) is 8.03. The van der Waals surface area contributed by atoms with Gasteiger partial charge in [-0.05, 0) is 23.1 Å². The zero-order chi connectivity index (χ0) is 18.7.